The largest absolute Gasteiger partial charge is 0.507 e. The zero-order chi connectivity index (χ0) is 11.9. The fourth-order valence-electron chi connectivity index (χ4n) is 1.86. The lowest BCUT2D eigenvalue weighted by molar-refractivity contribution is 0.481. The fourth-order valence-corrected chi connectivity index (χ4v) is 1.86. The molecule has 0 aliphatic rings. The molecule has 2 rings (SSSR count). The summed E-state index contributed by atoms with van der Waals surface area (Å²) >= 11 is 0. The van der Waals surface area contributed by atoms with E-state index >= 15 is 0 Å². The van der Waals surface area contributed by atoms with Crippen molar-refractivity contribution in [2.45, 2.75) is 13.8 Å². The number of aromatic amines is 1. The molecule has 0 saturated heterocycles. The number of aromatic nitrogens is 1. The van der Waals surface area contributed by atoms with Gasteiger partial charge in [-0.15, -0.1) is 4.91 Å². The summed E-state index contributed by atoms with van der Waals surface area (Å²) in [6.45, 7) is 3.34. The summed E-state index contributed by atoms with van der Waals surface area (Å²) in [4.78, 5) is 24.6. The second-order valence-corrected chi connectivity index (χ2v) is 3.72. The van der Waals surface area contributed by atoms with Gasteiger partial charge < -0.3 is 10.1 Å². The Morgan fingerprint density at radius 3 is 2.56 bits per heavy atom. The van der Waals surface area contributed by atoms with Gasteiger partial charge in [0.2, 0.25) is 5.56 Å². The highest BCUT2D eigenvalue weighted by Crippen LogP contribution is 2.35. The maximum atomic E-state index is 11.3. The monoisotopic (exact) mass is 218 g/mol. The first-order valence-electron chi connectivity index (χ1n) is 4.74. The maximum Gasteiger partial charge on any atom is 0.248 e. The molecule has 0 aliphatic carbocycles. The van der Waals surface area contributed by atoms with Gasteiger partial charge in [-0.25, -0.2) is 0 Å². The van der Waals surface area contributed by atoms with E-state index in [4.69, 9.17) is 0 Å². The first-order valence-corrected chi connectivity index (χ1v) is 4.74. The molecule has 16 heavy (non-hydrogen) atoms. The van der Waals surface area contributed by atoms with Crippen LogP contribution in [-0.2, 0) is 0 Å². The average molecular weight is 218 g/mol. The molecular formula is C11H10N2O3. The number of fused-ring (bicyclic) bond motifs is 1. The normalized spacial score (nSPS) is 10.6. The summed E-state index contributed by atoms with van der Waals surface area (Å²) in [6.07, 6.45) is 0. The molecular weight excluding hydrogens is 208 g/mol. The Morgan fingerprint density at radius 2 is 1.94 bits per heavy atom. The van der Waals surface area contributed by atoms with Gasteiger partial charge >= 0.3 is 0 Å². The van der Waals surface area contributed by atoms with Crippen molar-refractivity contribution in [1.82, 2.24) is 4.98 Å². The number of hydrogen-bond donors (Lipinski definition) is 2. The third kappa shape index (κ3) is 1.37. The minimum atomic E-state index is -0.320. The summed E-state index contributed by atoms with van der Waals surface area (Å²) in [5.74, 6) is 0.0358. The fraction of sp³-hybridized carbons (Fsp3) is 0.182. The number of phenolic OH excluding ortho intramolecular Hbond substituents is 1. The number of H-pyrrole nitrogens is 1. The standard InChI is InChI=1S/C11H10N2O3/c1-5-4-8(15)12-11-9(5)7(14)3-6(2)10(11)13-16/h3-4,14H,1-2H3,(H,12,15). The number of rotatable bonds is 1. The Labute approximate surface area is 90.7 Å². The molecule has 5 heteroatoms. The lowest BCUT2D eigenvalue weighted by Gasteiger charge is -2.07. The predicted molar refractivity (Wildman–Crippen MR) is 61.2 cm³/mol. The average Bonchev–Trinajstić information content (AvgIpc) is 2.15. The summed E-state index contributed by atoms with van der Waals surface area (Å²) in [5.41, 5.74) is 1.27. The number of pyridine rings is 1. The minimum Gasteiger partial charge on any atom is -0.507 e. The van der Waals surface area contributed by atoms with Gasteiger partial charge in [-0.2, -0.15) is 0 Å². The van der Waals surface area contributed by atoms with Crippen LogP contribution in [-0.4, -0.2) is 10.1 Å². The molecule has 0 aliphatic heterocycles. The molecule has 82 valence electrons. The van der Waals surface area contributed by atoms with Crippen molar-refractivity contribution < 1.29 is 5.11 Å². The first kappa shape index (κ1) is 10.4. The highest BCUT2D eigenvalue weighted by Gasteiger charge is 2.12. The van der Waals surface area contributed by atoms with Crippen LogP contribution in [0.2, 0.25) is 0 Å². The topological polar surface area (TPSA) is 82.5 Å². The van der Waals surface area contributed by atoms with Gasteiger partial charge in [-0.3, -0.25) is 4.79 Å². The Morgan fingerprint density at radius 1 is 1.25 bits per heavy atom. The molecule has 1 aromatic heterocycles. The lowest BCUT2D eigenvalue weighted by atomic mass is 10.0. The molecule has 0 radical (unpaired) electrons. The van der Waals surface area contributed by atoms with Crippen molar-refractivity contribution in [2.24, 2.45) is 5.18 Å². The van der Waals surface area contributed by atoms with Crippen LogP contribution < -0.4 is 5.56 Å². The first-order chi connectivity index (χ1) is 7.54. The zero-order valence-corrected chi connectivity index (χ0v) is 8.87. The number of hydrogen-bond acceptors (Lipinski definition) is 4. The van der Waals surface area contributed by atoms with Crippen LogP contribution in [0.3, 0.4) is 0 Å². The molecule has 5 nitrogen and oxygen atoms in total. The Hall–Kier alpha value is -2.17. The lowest BCUT2D eigenvalue weighted by Crippen LogP contribution is -2.05. The van der Waals surface area contributed by atoms with Gasteiger partial charge in [-0.05, 0) is 36.2 Å². The van der Waals surface area contributed by atoms with Crippen molar-refractivity contribution in [2.75, 3.05) is 0 Å². The van der Waals surface area contributed by atoms with Crippen LogP contribution >= 0.6 is 0 Å². The summed E-state index contributed by atoms with van der Waals surface area (Å²) in [5, 5.41) is 13.1. The highest BCUT2D eigenvalue weighted by atomic mass is 16.3. The molecule has 0 spiro atoms. The van der Waals surface area contributed by atoms with Crippen LogP contribution in [0, 0.1) is 18.8 Å². The van der Waals surface area contributed by atoms with Crippen LogP contribution in [0.1, 0.15) is 11.1 Å². The zero-order valence-electron chi connectivity index (χ0n) is 8.87. The van der Waals surface area contributed by atoms with Crippen molar-refractivity contribution >= 4 is 16.6 Å². The SMILES string of the molecule is Cc1cc(O)c2c(C)cc(=O)[nH]c2c1N=O. The maximum absolute atomic E-state index is 11.3. The quantitative estimate of drug-likeness (QED) is 0.720. The third-order valence-corrected chi connectivity index (χ3v) is 2.55. The Balaban J connectivity index is 3.11. The van der Waals surface area contributed by atoms with E-state index in [9.17, 15) is 14.8 Å². The molecule has 1 aromatic carbocycles. The van der Waals surface area contributed by atoms with Crippen LogP contribution in [0.15, 0.2) is 22.1 Å². The van der Waals surface area contributed by atoms with E-state index < -0.39 is 0 Å². The number of nitrogens with zero attached hydrogens (tertiary/aromatic N) is 1. The number of benzene rings is 1. The predicted octanol–water partition coefficient (Wildman–Crippen LogP) is 2.25. The molecule has 2 N–H and O–H groups in total. The van der Waals surface area contributed by atoms with E-state index in [1.54, 1.807) is 13.8 Å². The third-order valence-electron chi connectivity index (χ3n) is 2.55. The van der Waals surface area contributed by atoms with Gasteiger partial charge in [0.1, 0.15) is 11.4 Å². The van der Waals surface area contributed by atoms with Gasteiger partial charge in [-0.1, -0.05) is 0 Å². The molecule has 0 amide bonds. The van der Waals surface area contributed by atoms with E-state index in [1.165, 1.54) is 12.1 Å². The van der Waals surface area contributed by atoms with Crippen molar-refractivity contribution in [3.05, 3.63) is 38.5 Å². The summed E-state index contributed by atoms with van der Waals surface area (Å²) < 4.78 is 0. The number of phenols is 1. The molecule has 0 saturated carbocycles. The van der Waals surface area contributed by atoms with E-state index in [0.717, 1.165) is 0 Å². The molecule has 0 fully saturated rings. The van der Waals surface area contributed by atoms with E-state index in [1.807, 2.05) is 0 Å². The van der Waals surface area contributed by atoms with Gasteiger partial charge in [0, 0.05) is 11.5 Å². The summed E-state index contributed by atoms with van der Waals surface area (Å²) in [6, 6.07) is 2.83. The highest BCUT2D eigenvalue weighted by molar-refractivity contribution is 5.96. The second-order valence-electron chi connectivity index (χ2n) is 3.72. The molecule has 0 unspecified atom stereocenters. The minimum absolute atomic E-state index is 0.0358. The summed E-state index contributed by atoms with van der Waals surface area (Å²) in [7, 11) is 0. The van der Waals surface area contributed by atoms with E-state index in [0.29, 0.717) is 16.5 Å². The van der Waals surface area contributed by atoms with Gasteiger partial charge in [0.25, 0.3) is 0 Å². The van der Waals surface area contributed by atoms with Crippen LogP contribution in [0.5, 0.6) is 5.75 Å². The number of aromatic hydroxyl groups is 1. The molecule has 0 bridgehead atoms. The molecule has 2 aromatic rings. The van der Waals surface area contributed by atoms with Crippen molar-refractivity contribution in [1.29, 1.82) is 0 Å². The number of nitroso groups, excluding NO2 is 1. The van der Waals surface area contributed by atoms with E-state index in [-0.39, 0.29) is 22.5 Å². The Kier molecular flexibility index (Phi) is 2.23. The number of aryl methyl sites for hydroxylation is 2. The second kappa shape index (κ2) is 3.44. The Bertz CT molecular complexity index is 644. The van der Waals surface area contributed by atoms with Crippen molar-refractivity contribution in [3.8, 4) is 5.75 Å². The smallest absolute Gasteiger partial charge is 0.248 e. The van der Waals surface area contributed by atoms with Gasteiger partial charge in [0.15, 0.2) is 0 Å². The van der Waals surface area contributed by atoms with Crippen LogP contribution in [0.25, 0.3) is 10.9 Å². The number of nitrogens with one attached hydrogen (secondary N) is 1. The molecule has 1 heterocycles. The van der Waals surface area contributed by atoms with Gasteiger partial charge in [0.05, 0.1) is 5.52 Å². The van der Waals surface area contributed by atoms with E-state index in [2.05, 4.69) is 10.2 Å². The van der Waals surface area contributed by atoms with Crippen LogP contribution in [0.4, 0.5) is 5.69 Å². The van der Waals surface area contributed by atoms with Crippen molar-refractivity contribution in [3.63, 3.8) is 0 Å². The molecule has 0 atom stereocenters.